The fraction of sp³-hybridized carbons (Fsp3) is 0.722. The highest BCUT2D eigenvalue weighted by atomic mass is 16.6. The number of oxime groups is 1. The lowest BCUT2D eigenvalue weighted by molar-refractivity contribution is -0.125. The molecule has 6 nitrogen and oxygen atoms in total. The van der Waals surface area contributed by atoms with Gasteiger partial charge in [-0.25, -0.2) is 0 Å². The van der Waals surface area contributed by atoms with Gasteiger partial charge in [0.15, 0.2) is 6.61 Å². The van der Waals surface area contributed by atoms with Crippen LogP contribution in [0.1, 0.15) is 104 Å². The number of rotatable bonds is 7. The van der Waals surface area contributed by atoms with Gasteiger partial charge < -0.3 is 20.0 Å². The molecule has 0 aromatic heterocycles. The zero-order valence-corrected chi connectivity index (χ0v) is 26.3. The number of hydrogen-bond acceptors (Lipinski definition) is 5. The van der Waals surface area contributed by atoms with Crippen molar-refractivity contribution in [3.8, 4) is 0 Å². The van der Waals surface area contributed by atoms with Crippen LogP contribution in [0.3, 0.4) is 0 Å². The van der Waals surface area contributed by atoms with Gasteiger partial charge in [0.25, 0.3) is 5.91 Å². The Kier molecular flexibility index (Phi) is 8.10. The van der Waals surface area contributed by atoms with Crippen LogP contribution in [-0.2, 0) is 19.8 Å². The van der Waals surface area contributed by atoms with Crippen molar-refractivity contribution in [3.63, 3.8) is 0 Å². The van der Waals surface area contributed by atoms with Crippen molar-refractivity contribution < 1.29 is 19.5 Å². The van der Waals surface area contributed by atoms with Gasteiger partial charge in [-0.1, -0.05) is 54.9 Å². The van der Waals surface area contributed by atoms with Gasteiger partial charge in [-0.3, -0.25) is 4.79 Å². The molecule has 5 unspecified atom stereocenters. The third-order valence-corrected chi connectivity index (χ3v) is 12.5. The van der Waals surface area contributed by atoms with Crippen LogP contribution >= 0.6 is 0 Å². The first-order valence-electron chi connectivity index (χ1n) is 16.6. The minimum atomic E-state index is -0.183. The van der Waals surface area contributed by atoms with Crippen molar-refractivity contribution in [2.24, 2.45) is 33.7 Å². The number of hydrogen-bond donors (Lipinski definition) is 2. The van der Waals surface area contributed by atoms with Crippen molar-refractivity contribution >= 4 is 11.6 Å². The molecule has 0 spiro atoms. The number of amides is 1. The lowest BCUT2D eigenvalue weighted by Gasteiger charge is -2.57. The van der Waals surface area contributed by atoms with Crippen molar-refractivity contribution in [3.05, 3.63) is 47.5 Å². The normalized spacial score (nSPS) is 39.9. The summed E-state index contributed by atoms with van der Waals surface area (Å²) in [6, 6.07) is 10.7. The molecule has 1 amide bonds. The topological polar surface area (TPSA) is 80.2 Å². The minimum Gasteiger partial charge on any atom is -0.393 e. The molecule has 42 heavy (non-hydrogen) atoms. The predicted molar refractivity (Wildman–Crippen MR) is 166 cm³/mol. The second-order valence-electron chi connectivity index (χ2n) is 15.3. The van der Waals surface area contributed by atoms with Crippen molar-refractivity contribution in [2.75, 3.05) is 19.8 Å². The van der Waals surface area contributed by atoms with E-state index < -0.39 is 0 Å². The summed E-state index contributed by atoms with van der Waals surface area (Å²) in [5.74, 6) is 1.98. The van der Waals surface area contributed by atoms with Gasteiger partial charge in [-0.15, -0.1) is 0 Å². The summed E-state index contributed by atoms with van der Waals surface area (Å²) >= 11 is 0. The standard InChI is InChI=1S/C36H52N2O4/c1-33(2)24-36(19-21-41-33,25-8-6-5-7-9-25)18-20-37-32(40)23-42-38-27-14-16-34(3)26(22-27)10-11-28-29-12-13-31(39)35(29,4)17-15-30(28)34/h5-9,22,28-31,39H,10-21,23-24H2,1-4H3,(H,37,40)/t28?,29?,30?,31?,34-,35-,36?/m0/s1. The molecule has 1 aliphatic heterocycles. The van der Waals surface area contributed by atoms with E-state index in [-0.39, 0.29) is 40.5 Å². The van der Waals surface area contributed by atoms with E-state index in [1.807, 2.05) is 0 Å². The number of aliphatic hydroxyl groups is 1. The summed E-state index contributed by atoms with van der Waals surface area (Å²) in [6.45, 7) is 10.4. The number of fused-ring (bicyclic) bond motifs is 5. The lowest BCUT2D eigenvalue weighted by atomic mass is 9.47. The maximum absolute atomic E-state index is 12.7. The average Bonchev–Trinajstić information content (AvgIpc) is 3.27. The summed E-state index contributed by atoms with van der Waals surface area (Å²) in [6.07, 6.45) is 13.8. The minimum absolute atomic E-state index is 0.00810. The highest BCUT2D eigenvalue weighted by Gasteiger charge is 2.58. The number of aliphatic hydroxyl groups excluding tert-OH is 1. The van der Waals surface area contributed by atoms with E-state index in [0.29, 0.717) is 18.4 Å². The number of allylic oxidation sites excluding steroid dienone is 2. The summed E-state index contributed by atoms with van der Waals surface area (Å²) in [5.41, 5.74) is 3.98. The zero-order chi connectivity index (χ0) is 29.6. The molecule has 7 atom stereocenters. The van der Waals surface area contributed by atoms with E-state index >= 15 is 0 Å². The molecule has 5 aliphatic rings. The molecule has 1 aromatic carbocycles. The van der Waals surface area contributed by atoms with Gasteiger partial charge in [0.2, 0.25) is 0 Å². The smallest absolute Gasteiger partial charge is 0.260 e. The quantitative estimate of drug-likeness (QED) is 0.353. The van der Waals surface area contributed by atoms with Crippen molar-refractivity contribution in [1.82, 2.24) is 5.32 Å². The third kappa shape index (κ3) is 5.47. The average molecular weight is 577 g/mol. The molecule has 2 N–H and O–H groups in total. The molecule has 1 saturated heterocycles. The maximum Gasteiger partial charge on any atom is 0.260 e. The molecule has 0 bridgehead atoms. The first-order valence-corrected chi connectivity index (χ1v) is 16.6. The summed E-state index contributed by atoms with van der Waals surface area (Å²) in [7, 11) is 0. The van der Waals surface area contributed by atoms with Gasteiger partial charge >= 0.3 is 0 Å². The van der Waals surface area contributed by atoms with Crippen molar-refractivity contribution in [1.29, 1.82) is 0 Å². The van der Waals surface area contributed by atoms with E-state index in [2.05, 4.69) is 74.6 Å². The number of ether oxygens (including phenoxy) is 1. The van der Waals surface area contributed by atoms with E-state index in [4.69, 9.17) is 9.57 Å². The highest BCUT2D eigenvalue weighted by Crippen LogP contribution is 2.65. The first kappa shape index (κ1) is 29.9. The summed E-state index contributed by atoms with van der Waals surface area (Å²) in [4.78, 5) is 18.3. The van der Waals surface area contributed by atoms with Crippen LogP contribution < -0.4 is 5.32 Å². The van der Waals surface area contributed by atoms with Gasteiger partial charge in [-0.2, -0.15) is 0 Å². The summed E-state index contributed by atoms with van der Waals surface area (Å²) < 4.78 is 6.03. The first-order chi connectivity index (χ1) is 20.0. The fourth-order valence-electron chi connectivity index (χ4n) is 10.2. The molecular formula is C36H52N2O4. The number of nitrogens with zero attached hydrogens (tertiary/aromatic N) is 1. The SMILES string of the molecule is CC1(C)CC(CCNC(=O)CON=C2C=C3CCC4C5CCC(O)[C@@]5(C)CCC4[C@@]3(C)CC2)(c2ccccc2)CCO1. The Labute approximate surface area is 252 Å². The Balaban J connectivity index is 1.02. The van der Waals surface area contributed by atoms with Gasteiger partial charge in [-0.05, 0) is 125 Å². The van der Waals surface area contributed by atoms with Crippen LogP contribution in [0.15, 0.2) is 47.1 Å². The molecule has 1 heterocycles. The maximum atomic E-state index is 12.7. The third-order valence-electron chi connectivity index (χ3n) is 12.5. The molecular weight excluding hydrogens is 524 g/mol. The van der Waals surface area contributed by atoms with Crippen LogP contribution in [0.2, 0.25) is 0 Å². The van der Waals surface area contributed by atoms with Crippen LogP contribution in [-0.4, -0.2) is 48.2 Å². The molecule has 3 saturated carbocycles. The van der Waals surface area contributed by atoms with E-state index in [1.54, 1.807) is 0 Å². The zero-order valence-electron chi connectivity index (χ0n) is 26.3. The fourth-order valence-corrected chi connectivity index (χ4v) is 10.2. The second kappa shape index (κ2) is 11.4. The Hall–Kier alpha value is -2.18. The largest absolute Gasteiger partial charge is 0.393 e. The van der Waals surface area contributed by atoms with Crippen LogP contribution in [0.25, 0.3) is 0 Å². The molecule has 0 radical (unpaired) electrons. The Morgan fingerprint density at radius 2 is 1.83 bits per heavy atom. The molecule has 1 aromatic rings. The molecule has 4 fully saturated rings. The number of carbonyl (C=O) groups is 1. The van der Waals surface area contributed by atoms with Crippen molar-refractivity contribution in [2.45, 2.75) is 115 Å². The molecule has 6 rings (SSSR count). The Morgan fingerprint density at radius 1 is 1.02 bits per heavy atom. The summed E-state index contributed by atoms with van der Waals surface area (Å²) in [5, 5.41) is 18.3. The Morgan fingerprint density at radius 3 is 2.62 bits per heavy atom. The highest BCUT2D eigenvalue weighted by molar-refractivity contribution is 5.96. The van der Waals surface area contributed by atoms with Crippen LogP contribution in [0, 0.1) is 28.6 Å². The van der Waals surface area contributed by atoms with Gasteiger partial charge in [0.05, 0.1) is 17.4 Å². The number of nitrogens with one attached hydrogen (secondary N) is 1. The van der Waals surface area contributed by atoms with Gasteiger partial charge in [0.1, 0.15) is 0 Å². The molecule has 6 heteroatoms. The van der Waals surface area contributed by atoms with E-state index in [0.717, 1.165) is 69.6 Å². The molecule has 230 valence electrons. The predicted octanol–water partition coefficient (Wildman–Crippen LogP) is 6.72. The second-order valence-corrected chi connectivity index (χ2v) is 15.3. The van der Waals surface area contributed by atoms with E-state index in [9.17, 15) is 9.90 Å². The van der Waals surface area contributed by atoms with Crippen LogP contribution in [0.4, 0.5) is 0 Å². The number of benzene rings is 1. The monoisotopic (exact) mass is 576 g/mol. The lowest BCUT2D eigenvalue weighted by Crippen LogP contribution is -2.51. The molecule has 4 aliphatic carbocycles. The Bertz CT molecular complexity index is 1210. The van der Waals surface area contributed by atoms with Gasteiger partial charge in [0, 0.05) is 18.6 Å². The number of carbonyl (C=O) groups excluding carboxylic acids is 1. The van der Waals surface area contributed by atoms with Crippen LogP contribution in [0.5, 0.6) is 0 Å². The van der Waals surface area contributed by atoms with E-state index in [1.165, 1.54) is 30.4 Å².